The molecule has 0 spiro atoms. The van der Waals surface area contributed by atoms with E-state index >= 15 is 0 Å². The Balaban J connectivity index is 2.23. The monoisotopic (exact) mass is 290 g/mol. The van der Waals surface area contributed by atoms with Crippen LogP contribution in [0.2, 0.25) is 0 Å². The smallest absolute Gasteiger partial charge is 0.224 e. The molecule has 1 aromatic rings. The van der Waals surface area contributed by atoms with Gasteiger partial charge in [-0.1, -0.05) is 6.92 Å². The molecule has 1 aliphatic carbocycles. The average molecular weight is 290 g/mol. The highest BCUT2D eigenvalue weighted by atomic mass is 16.1. The van der Waals surface area contributed by atoms with Crippen LogP contribution in [0.4, 0.5) is 5.82 Å². The molecular formula is C16H26N4O. The zero-order chi connectivity index (χ0) is 15.4. The van der Waals surface area contributed by atoms with E-state index in [0.29, 0.717) is 13.1 Å². The number of aryl methyl sites for hydroxylation is 2. The Morgan fingerprint density at radius 2 is 2.19 bits per heavy atom. The second-order valence-corrected chi connectivity index (χ2v) is 5.88. The molecule has 21 heavy (non-hydrogen) atoms. The molecule has 0 bridgehead atoms. The minimum absolute atomic E-state index is 0.0501. The van der Waals surface area contributed by atoms with Crippen LogP contribution in [0.25, 0.3) is 0 Å². The Kier molecular flexibility index (Phi) is 5.17. The molecule has 1 aliphatic rings. The van der Waals surface area contributed by atoms with E-state index in [4.69, 9.17) is 10.7 Å². The molecule has 2 rings (SSSR count). The van der Waals surface area contributed by atoms with Crippen molar-refractivity contribution in [3.63, 3.8) is 0 Å². The summed E-state index contributed by atoms with van der Waals surface area (Å²) in [7, 11) is 3.65. The molecule has 5 nitrogen and oxygen atoms in total. The molecular weight excluding hydrogens is 264 g/mol. The van der Waals surface area contributed by atoms with Crippen molar-refractivity contribution in [1.29, 1.82) is 0 Å². The SMILES string of the molecule is CNC(=O)C(C)CN(C)c1nc2c(cc1CN)CCCC2. The lowest BCUT2D eigenvalue weighted by atomic mass is 9.94. The van der Waals surface area contributed by atoms with Gasteiger partial charge in [-0.25, -0.2) is 4.98 Å². The van der Waals surface area contributed by atoms with Gasteiger partial charge in [-0.2, -0.15) is 0 Å². The van der Waals surface area contributed by atoms with Crippen molar-refractivity contribution in [1.82, 2.24) is 10.3 Å². The lowest BCUT2D eigenvalue weighted by Crippen LogP contribution is -2.35. The zero-order valence-corrected chi connectivity index (χ0v) is 13.3. The van der Waals surface area contributed by atoms with Gasteiger partial charge in [0.25, 0.3) is 0 Å². The molecule has 116 valence electrons. The first kappa shape index (κ1) is 15.8. The Hall–Kier alpha value is -1.62. The molecule has 1 aromatic heterocycles. The van der Waals surface area contributed by atoms with Crippen molar-refractivity contribution in [2.24, 2.45) is 11.7 Å². The third kappa shape index (κ3) is 3.53. The summed E-state index contributed by atoms with van der Waals surface area (Å²) < 4.78 is 0. The first-order valence-electron chi connectivity index (χ1n) is 7.71. The highest BCUT2D eigenvalue weighted by Gasteiger charge is 2.19. The van der Waals surface area contributed by atoms with Crippen LogP contribution in [-0.2, 0) is 24.2 Å². The van der Waals surface area contributed by atoms with Gasteiger partial charge in [0.2, 0.25) is 5.91 Å². The maximum atomic E-state index is 11.7. The molecule has 1 atom stereocenters. The number of rotatable bonds is 5. The van der Waals surface area contributed by atoms with Crippen molar-refractivity contribution < 1.29 is 4.79 Å². The van der Waals surface area contributed by atoms with Crippen molar-refractivity contribution in [2.75, 3.05) is 25.5 Å². The topological polar surface area (TPSA) is 71.2 Å². The number of hydrogen-bond acceptors (Lipinski definition) is 4. The Morgan fingerprint density at radius 3 is 2.86 bits per heavy atom. The fourth-order valence-corrected chi connectivity index (χ4v) is 2.98. The minimum Gasteiger partial charge on any atom is -0.359 e. The molecule has 1 unspecified atom stereocenters. The van der Waals surface area contributed by atoms with E-state index in [1.165, 1.54) is 24.1 Å². The number of nitrogens with zero attached hydrogens (tertiary/aromatic N) is 2. The number of pyridine rings is 1. The van der Waals surface area contributed by atoms with Gasteiger partial charge in [0.15, 0.2) is 0 Å². The summed E-state index contributed by atoms with van der Waals surface area (Å²) in [4.78, 5) is 18.6. The number of anilines is 1. The third-order valence-electron chi connectivity index (χ3n) is 4.18. The number of hydrogen-bond donors (Lipinski definition) is 2. The van der Waals surface area contributed by atoms with Crippen LogP contribution in [-0.4, -0.2) is 31.5 Å². The average Bonchev–Trinajstić information content (AvgIpc) is 2.52. The quantitative estimate of drug-likeness (QED) is 0.856. The van der Waals surface area contributed by atoms with Gasteiger partial charge in [0.1, 0.15) is 5.82 Å². The van der Waals surface area contributed by atoms with Crippen molar-refractivity contribution >= 4 is 11.7 Å². The summed E-state index contributed by atoms with van der Waals surface area (Å²) in [6, 6.07) is 2.21. The number of fused-ring (bicyclic) bond motifs is 1. The zero-order valence-electron chi connectivity index (χ0n) is 13.3. The summed E-state index contributed by atoms with van der Waals surface area (Å²) in [5.41, 5.74) is 9.51. The van der Waals surface area contributed by atoms with Crippen molar-refractivity contribution in [2.45, 2.75) is 39.2 Å². The van der Waals surface area contributed by atoms with E-state index in [-0.39, 0.29) is 11.8 Å². The van der Waals surface area contributed by atoms with Crippen LogP contribution in [0.3, 0.4) is 0 Å². The Bertz CT molecular complexity index is 515. The van der Waals surface area contributed by atoms with Gasteiger partial charge in [-0.3, -0.25) is 4.79 Å². The summed E-state index contributed by atoms with van der Waals surface area (Å²) >= 11 is 0. The number of nitrogens with two attached hydrogens (primary N) is 1. The van der Waals surface area contributed by atoms with Gasteiger partial charge in [0, 0.05) is 38.4 Å². The van der Waals surface area contributed by atoms with Gasteiger partial charge in [-0.05, 0) is 37.3 Å². The van der Waals surface area contributed by atoms with Crippen molar-refractivity contribution in [3.05, 3.63) is 22.9 Å². The second kappa shape index (κ2) is 6.89. The third-order valence-corrected chi connectivity index (χ3v) is 4.18. The minimum atomic E-state index is -0.0801. The fourth-order valence-electron chi connectivity index (χ4n) is 2.98. The highest BCUT2D eigenvalue weighted by molar-refractivity contribution is 5.78. The van der Waals surface area contributed by atoms with Gasteiger partial charge in [-0.15, -0.1) is 0 Å². The highest BCUT2D eigenvalue weighted by Crippen LogP contribution is 2.26. The van der Waals surface area contributed by atoms with Crippen LogP contribution in [0, 0.1) is 5.92 Å². The van der Waals surface area contributed by atoms with E-state index in [1.807, 2.05) is 14.0 Å². The number of aromatic nitrogens is 1. The molecule has 3 N–H and O–H groups in total. The van der Waals surface area contributed by atoms with Gasteiger partial charge < -0.3 is 16.0 Å². The molecule has 1 amide bonds. The van der Waals surface area contributed by atoms with E-state index in [0.717, 1.165) is 24.2 Å². The first-order chi connectivity index (χ1) is 10.1. The molecule has 5 heteroatoms. The van der Waals surface area contributed by atoms with E-state index in [9.17, 15) is 4.79 Å². The first-order valence-corrected chi connectivity index (χ1v) is 7.71. The standard InChI is InChI=1S/C16H26N4O/c1-11(16(21)18-2)10-20(3)15-13(9-17)8-12-6-4-5-7-14(12)19-15/h8,11H,4-7,9-10,17H2,1-3H3,(H,18,21). The molecule has 0 saturated carbocycles. The molecule has 1 heterocycles. The lowest BCUT2D eigenvalue weighted by Gasteiger charge is -2.26. The van der Waals surface area contributed by atoms with Crippen LogP contribution in [0.1, 0.15) is 36.6 Å². The lowest BCUT2D eigenvalue weighted by molar-refractivity contribution is -0.123. The normalized spacial score (nSPS) is 15.2. The van der Waals surface area contributed by atoms with E-state index in [1.54, 1.807) is 7.05 Å². The Morgan fingerprint density at radius 1 is 1.48 bits per heavy atom. The predicted molar refractivity (Wildman–Crippen MR) is 85.3 cm³/mol. The van der Waals surface area contributed by atoms with E-state index in [2.05, 4.69) is 16.3 Å². The maximum Gasteiger partial charge on any atom is 0.224 e. The summed E-state index contributed by atoms with van der Waals surface area (Å²) in [6.45, 7) is 3.04. The second-order valence-electron chi connectivity index (χ2n) is 5.88. The molecule has 0 fully saturated rings. The fraction of sp³-hybridized carbons (Fsp3) is 0.625. The Labute approximate surface area is 126 Å². The van der Waals surface area contributed by atoms with Crippen LogP contribution in [0.5, 0.6) is 0 Å². The molecule has 0 aromatic carbocycles. The molecule has 0 saturated heterocycles. The van der Waals surface area contributed by atoms with Crippen LogP contribution >= 0.6 is 0 Å². The van der Waals surface area contributed by atoms with Gasteiger partial charge >= 0.3 is 0 Å². The van der Waals surface area contributed by atoms with Gasteiger partial charge in [0.05, 0.1) is 5.92 Å². The number of nitrogens with one attached hydrogen (secondary N) is 1. The van der Waals surface area contributed by atoms with Crippen molar-refractivity contribution in [3.8, 4) is 0 Å². The summed E-state index contributed by atoms with van der Waals surface area (Å²) in [5, 5.41) is 2.69. The number of carbonyl (C=O) groups excluding carboxylic acids is 1. The van der Waals surface area contributed by atoms with Crippen LogP contribution in [0.15, 0.2) is 6.07 Å². The molecule has 0 aliphatic heterocycles. The number of amides is 1. The van der Waals surface area contributed by atoms with Crippen LogP contribution < -0.4 is 16.0 Å². The maximum absolute atomic E-state index is 11.7. The summed E-state index contributed by atoms with van der Waals surface area (Å²) in [6.07, 6.45) is 4.60. The molecule has 0 radical (unpaired) electrons. The van der Waals surface area contributed by atoms with E-state index < -0.39 is 0 Å². The number of carbonyl (C=O) groups is 1. The largest absolute Gasteiger partial charge is 0.359 e. The summed E-state index contributed by atoms with van der Waals surface area (Å²) in [5.74, 6) is 0.895. The predicted octanol–water partition coefficient (Wildman–Crippen LogP) is 1.24.